The van der Waals surface area contributed by atoms with Gasteiger partial charge in [-0.25, -0.2) is 0 Å². The van der Waals surface area contributed by atoms with Gasteiger partial charge in [-0.15, -0.1) is 0 Å². The lowest BCUT2D eigenvalue weighted by Crippen LogP contribution is -2.36. The van der Waals surface area contributed by atoms with Crippen molar-refractivity contribution in [3.05, 3.63) is 59.2 Å². The summed E-state index contributed by atoms with van der Waals surface area (Å²) in [6.45, 7) is 10.5. The lowest BCUT2D eigenvalue weighted by atomic mass is 10.1. The van der Waals surface area contributed by atoms with Gasteiger partial charge in [0.15, 0.2) is 6.10 Å². The predicted molar refractivity (Wildman–Crippen MR) is 110 cm³/mol. The SMILES string of the molecule is Cc1ccc(O[C@H](C)C(=O)NCCCc2cccc(OC(C)C)c2)cc1C. The number of carbonyl (C=O) groups excluding carboxylic acids is 1. The first kappa shape index (κ1) is 20.8. The summed E-state index contributed by atoms with van der Waals surface area (Å²) in [5.41, 5.74) is 3.58. The molecular formula is C23H31NO3. The number of ether oxygens (including phenoxy) is 2. The van der Waals surface area contributed by atoms with Gasteiger partial charge in [-0.1, -0.05) is 18.2 Å². The van der Waals surface area contributed by atoms with Gasteiger partial charge in [0.1, 0.15) is 11.5 Å². The van der Waals surface area contributed by atoms with E-state index in [4.69, 9.17) is 9.47 Å². The molecule has 0 saturated heterocycles. The molecule has 2 rings (SSSR count). The molecule has 146 valence electrons. The molecule has 0 aromatic heterocycles. The summed E-state index contributed by atoms with van der Waals surface area (Å²) in [4.78, 5) is 12.2. The van der Waals surface area contributed by atoms with Gasteiger partial charge in [0.25, 0.3) is 5.91 Å². The molecule has 2 aromatic rings. The summed E-state index contributed by atoms with van der Waals surface area (Å²) in [7, 11) is 0. The van der Waals surface area contributed by atoms with Crippen LogP contribution in [0.25, 0.3) is 0 Å². The second kappa shape index (κ2) is 10.0. The number of aryl methyl sites for hydroxylation is 3. The number of benzene rings is 2. The summed E-state index contributed by atoms with van der Waals surface area (Å²) < 4.78 is 11.5. The van der Waals surface area contributed by atoms with E-state index in [9.17, 15) is 4.79 Å². The summed E-state index contributed by atoms with van der Waals surface area (Å²) in [6, 6.07) is 14.0. The monoisotopic (exact) mass is 369 g/mol. The normalized spacial score (nSPS) is 11.9. The van der Waals surface area contributed by atoms with E-state index in [1.54, 1.807) is 6.92 Å². The van der Waals surface area contributed by atoms with E-state index in [1.165, 1.54) is 11.1 Å². The molecule has 4 nitrogen and oxygen atoms in total. The fourth-order valence-corrected chi connectivity index (χ4v) is 2.74. The van der Waals surface area contributed by atoms with Gasteiger partial charge in [0.2, 0.25) is 0 Å². The second-order valence-corrected chi connectivity index (χ2v) is 7.21. The highest BCUT2D eigenvalue weighted by molar-refractivity contribution is 5.80. The Labute approximate surface area is 162 Å². The molecule has 1 atom stereocenters. The van der Waals surface area contributed by atoms with E-state index in [0.29, 0.717) is 6.54 Å². The highest BCUT2D eigenvalue weighted by atomic mass is 16.5. The summed E-state index contributed by atoms with van der Waals surface area (Å²) in [6.07, 6.45) is 1.41. The Balaban J connectivity index is 1.74. The zero-order valence-corrected chi connectivity index (χ0v) is 17.0. The van der Waals surface area contributed by atoms with Crippen LogP contribution in [-0.4, -0.2) is 24.7 Å². The smallest absolute Gasteiger partial charge is 0.260 e. The topological polar surface area (TPSA) is 47.6 Å². The van der Waals surface area contributed by atoms with Crippen LogP contribution in [0.1, 0.15) is 43.9 Å². The summed E-state index contributed by atoms with van der Waals surface area (Å²) in [5, 5.41) is 2.95. The van der Waals surface area contributed by atoms with Gasteiger partial charge in [-0.05, 0) is 88.4 Å². The van der Waals surface area contributed by atoms with E-state index < -0.39 is 6.10 Å². The molecule has 0 radical (unpaired) electrons. The molecule has 1 amide bonds. The van der Waals surface area contributed by atoms with Gasteiger partial charge in [-0.3, -0.25) is 4.79 Å². The Morgan fingerprint density at radius 1 is 0.963 bits per heavy atom. The zero-order chi connectivity index (χ0) is 19.8. The third-order valence-corrected chi connectivity index (χ3v) is 4.37. The molecule has 27 heavy (non-hydrogen) atoms. The molecule has 2 aromatic carbocycles. The molecule has 1 N–H and O–H groups in total. The number of carbonyl (C=O) groups is 1. The van der Waals surface area contributed by atoms with Gasteiger partial charge in [0, 0.05) is 6.54 Å². The fourth-order valence-electron chi connectivity index (χ4n) is 2.74. The summed E-state index contributed by atoms with van der Waals surface area (Å²) >= 11 is 0. The van der Waals surface area contributed by atoms with Gasteiger partial charge in [0.05, 0.1) is 6.10 Å². The average Bonchev–Trinajstić information content (AvgIpc) is 2.61. The lowest BCUT2D eigenvalue weighted by Gasteiger charge is -2.15. The number of rotatable bonds is 9. The van der Waals surface area contributed by atoms with E-state index in [1.807, 2.05) is 51.1 Å². The predicted octanol–water partition coefficient (Wildman–Crippen LogP) is 4.61. The Morgan fingerprint density at radius 2 is 1.70 bits per heavy atom. The Bertz CT molecular complexity index is 755. The number of nitrogens with one attached hydrogen (secondary N) is 1. The van der Waals surface area contributed by atoms with Crippen LogP contribution in [0.3, 0.4) is 0 Å². The number of amides is 1. The number of hydrogen-bond donors (Lipinski definition) is 1. The third kappa shape index (κ3) is 6.97. The van der Waals surface area contributed by atoms with Crippen LogP contribution in [0.5, 0.6) is 11.5 Å². The molecular weight excluding hydrogens is 338 g/mol. The van der Waals surface area contributed by atoms with Crippen molar-refractivity contribution < 1.29 is 14.3 Å². The van der Waals surface area contributed by atoms with Gasteiger partial charge in [-0.2, -0.15) is 0 Å². The van der Waals surface area contributed by atoms with E-state index in [0.717, 1.165) is 29.9 Å². The van der Waals surface area contributed by atoms with Crippen LogP contribution in [0.15, 0.2) is 42.5 Å². The van der Waals surface area contributed by atoms with Crippen LogP contribution >= 0.6 is 0 Å². The third-order valence-electron chi connectivity index (χ3n) is 4.37. The second-order valence-electron chi connectivity index (χ2n) is 7.21. The largest absolute Gasteiger partial charge is 0.491 e. The maximum atomic E-state index is 12.2. The minimum Gasteiger partial charge on any atom is -0.491 e. The maximum Gasteiger partial charge on any atom is 0.260 e. The molecule has 0 aliphatic carbocycles. The molecule has 0 aliphatic heterocycles. The zero-order valence-electron chi connectivity index (χ0n) is 17.0. The molecule has 0 saturated carbocycles. The number of hydrogen-bond acceptors (Lipinski definition) is 3. The van der Waals surface area contributed by atoms with Crippen molar-refractivity contribution in [3.63, 3.8) is 0 Å². The van der Waals surface area contributed by atoms with Crippen LogP contribution < -0.4 is 14.8 Å². The van der Waals surface area contributed by atoms with Crippen LogP contribution in [-0.2, 0) is 11.2 Å². The van der Waals surface area contributed by atoms with Crippen molar-refractivity contribution in [2.75, 3.05) is 6.54 Å². The molecule has 0 spiro atoms. The maximum absolute atomic E-state index is 12.2. The first-order chi connectivity index (χ1) is 12.8. The van der Waals surface area contributed by atoms with Crippen molar-refractivity contribution >= 4 is 5.91 Å². The molecule has 0 unspecified atom stereocenters. The van der Waals surface area contributed by atoms with Gasteiger partial charge < -0.3 is 14.8 Å². The quantitative estimate of drug-likeness (QED) is 0.657. The van der Waals surface area contributed by atoms with Crippen LogP contribution in [0, 0.1) is 13.8 Å². The Morgan fingerprint density at radius 3 is 2.41 bits per heavy atom. The Hall–Kier alpha value is -2.49. The van der Waals surface area contributed by atoms with Crippen LogP contribution in [0.2, 0.25) is 0 Å². The van der Waals surface area contributed by atoms with Crippen molar-refractivity contribution in [2.24, 2.45) is 0 Å². The highest BCUT2D eigenvalue weighted by Crippen LogP contribution is 2.18. The van der Waals surface area contributed by atoms with E-state index >= 15 is 0 Å². The lowest BCUT2D eigenvalue weighted by molar-refractivity contribution is -0.127. The molecule has 0 heterocycles. The average molecular weight is 370 g/mol. The van der Waals surface area contributed by atoms with Gasteiger partial charge >= 0.3 is 0 Å². The highest BCUT2D eigenvalue weighted by Gasteiger charge is 2.14. The van der Waals surface area contributed by atoms with Crippen molar-refractivity contribution in [1.29, 1.82) is 0 Å². The fraction of sp³-hybridized carbons (Fsp3) is 0.435. The molecule has 0 fully saturated rings. The first-order valence-corrected chi connectivity index (χ1v) is 9.62. The van der Waals surface area contributed by atoms with E-state index in [-0.39, 0.29) is 12.0 Å². The molecule has 4 heteroatoms. The first-order valence-electron chi connectivity index (χ1n) is 9.62. The van der Waals surface area contributed by atoms with Crippen molar-refractivity contribution in [1.82, 2.24) is 5.32 Å². The van der Waals surface area contributed by atoms with E-state index in [2.05, 4.69) is 24.4 Å². The Kier molecular flexibility index (Phi) is 7.71. The van der Waals surface area contributed by atoms with Crippen molar-refractivity contribution in [2.45, 2.75) is 59.7 Å². The van der Waals surface area contributed by atoms with Crippen LogP contribution in [0.4, 0.5) is 0 Å². The minimum absolute atomic E-state index is 0.0925. The molecule has 0 aliphatic rings. The summed E-state index contributed by atoms with van der Waals surface area (Å²) in [5.74, 6) is 1.52. The minimum atomic E-state index is -0.519. The standard InChI is InChI=1S/C23H31NO3/c1-16(2)26-21-10-6-8-20(15-21)9-7-13-24-23(25)19(5)27-22-12-11-17(3)18(4)14-22/h6,8,10-12,14-16,19H,7,9,13H2,1-5H3,(H,24,25)/t19-/m1/s1. The molecule has 0 bridgehead atoms. The van der Waals surface area contributed by atoms with Crippen molar-refractivity contribution in [3.8, 4) is 11.5 Å².